The number of halogens is 2. The van der Waals surface area contributed by atoms with Crippen LogP contribution in [0, 0.1) is 11.6 Å². The third-order valence-corrected chi connectivity index (χ3v) is 4.26. The van der Waals surface area contributed by atoms with Crippen LogP contribution in [0.3, 0.4) is 0 Å². The lowest BCUT2D eigenvalue weighted by atomic mass is 10.1. The summed E-state index contributed by atoms with van der Waals surface area (Å²) >= 11 is 0. The van der Waals surface area contributed by atoms with Crippen molar-refractivity contribution in [2.45, 2.75) is 6.54 Å². The number of hydrogen-bond donors (Lipinski definition) is 1. The maximum atomic E-state index is 13.7. The fraction of sp³-hybridized carbons (Fsp3) is 0.100. The quantitative estimate of drug-likeness (QED) is 0.901. The van der Waals surface area contributed by atoms with Crippen LogP contribution in [0.2, 0.25) is 0 Å². The summed E-state index contributed by atoms with van der Waals surface area (Å²) in [5.41, 5.74) is 0.641. The van der Waals surface area contributed by atoms with Crippen LogP contribution in [-0.4, -0.2) is 22.6 Å². The molecule has 136 valence electrons. The second-order valence-electron chi connectivity index (χ2n) is 6.13. The minimum absolute atomic E-state index is 0.0270. The standard InChI is InChI=1S/C20H16F2N4O/c21-17-7-6-15(18(22)11-17)12-23-20(27)14-4-5-16-13-25-8-2-1-3-9-26(25)24-19(16)10-14/h1-8,10-11,13H,9,12H2,(H,23,27). The molecular formula is C20H16F2N4O. The normalized spacial score (nSPS) is 14.6. The number of carbonyl (C=O) groups excluding carboxylic acids is 1. The van der Waals surface area contributed by atoms with Gasteiger partial charge < -0.3 is 5.32 Å². The van der Waals surface area contributed by atoms with E-state index in [4.69, 9.17) is 0 Å². The predicted octanol–water partition coefficient (Wildman–Crippen LogP) is 1.78. The first-order chi connectivity index (χ1) is 13.1. The molecule has 1 N–H and O–H groups in total. The van der Waals surface area contributed by atoms with E-state index < -0.39 is 11.6 Å². The molecule has 2 aliphatic heterocycles. The summed E-state index contributed by atoms with van der Waals surface area (Å²) in [7, 11) is 0. The SMILES string of the molecule is O=C(NCc1ccc(F)cc1F)c1ccc2c(c1)=NN1CC=CC=CN1C=2. The van der Waals surface area contributed by atoms with Crippen LogP contribution in [0.4, 0.5) is 8.78 Å². The molecule has 2 aliphatic rings. The maximum Gasteiger partial charge on any atom is 0.251 e. The summed E-state index contributed by atoms with van der Waals surface area (Å²) < 4.78 is 26.6. The highest BCUT2D eigenvalue weighted by atomic mass is 19.1. The van der Waals surface area contributed by atoms with Gasteiger partial charge in [0.05, 0.1) is 11.9 Å². The lowest BCUT2D eigenvalue weighted by Gasteiger charge is -2.29. The third-order valence-electron chi connectivity index (χ3n) is 4.26. The van der Waals surface area contributed by atoms with Crippen molar-refractivity contribution < 1.29 is 13.6 Å². The Hall–Kier alpha value is -3.48. The number of nitrogens with one attached hydrogen (secondary N) is 1. The van der Waals surface area contributed by atoms with E-state index in [1.54, 1.807) is 17.3 Å². The van der Waals surface area contributed by atoms with Crippen LogP contribution in [0.25, 0.3) is 6.20 Å². The summed E-state index contributed by atoms with van der Waals surface area (Å²) in [4.78, 5) is 12.4. The minimum Gasteiger partial charge on any atom is -0.348 e. The van der Waals surface area contributed by atoms with Gasteiger partial charge in [-0.25, -0.2) is 8.78 Å². The molecule has 0 spiro atoms. The number of hydrazine groups is 1. The van der Waals surface area contributed by atoms with Crippen LogP contribution in [0.5, 0.6) is 0 Å². The van der Waals surface area contributed by atoms with Gasteiger partial charge in [0.25, 0.3) is 5.91 Å². The molecule has 0 radical (unpaired) electrons. The van der Waals surface area contributed by atoms with E-state index in [9.17, 15) is 13.6 Å². The van der Waals surface area contributed by atoms with Crippen molar-refractivity contribution in [3.05, 3.63) is 94.2 Å². The highest BCUT2D eigenvalue weighted by Gasteiger charge is 2.13. The average Bonchev–Trinajstić information content (AvgIpc) is 2.89. The fourth-order valence-corrected chi connectivity index (χ4v) is 2.84. The smallest absolute Gasteiger partial charge is 0.251 e. The molecular weight excluding hydrogens is 350 g/mol. The van der Waals surface area contributed by atoms with E-state index >= 15 is 0 Å². The number of allylic oxidation sites excluding steroid dienone is 2. The van der Waals surface area contributed by atoms with Gasteiger partial charge in [0.2, 0.25) is 0 Å². The average molecular weight is 366 g/mol. The molecule has 2 heterocycles. The molecule has 0 aliphatic carbocycles. The first-order valence-corrected chi connectivity index (χ1v) is 8.42. The molecule has 0 unspecified atom stereocenters. The molecule has 0 saturated heterocycles. The van der Waals surface area contributed by atoms with E-state index in [0.29, 0.717) is 17.5 Å². The van der Waals surface area contributed by atoms with Gasteiger partial charge in [-0.15, -0.1) is 0 Å². The zero-order valence-electron chi connectivity index (χ0n) is 14.3. The molecule has 0 saturated carbocycles. The Balaban J connectivity index is 1.54. The molecule has 7 heteroatoms. The Kier molecular flexibility index (Phi) is 4.42. The van der Waals surface area contributed by atoms with E-state index in [1.807, 2.05) is 41.7 Å². The summed E-state index contributed by atoms with van der Waals surface area (Å²) in [6.45, 7) is 0.587. The minimum atomic E-state index is -0.687. The molecule has 1 amide bonds. The molecule has 2 aromatic rings. The van der Waals surface area contributed by atoms with Crippen molar-refractivity contribution in [3.8, 4) is 0 Å². The fourth-order valence-electron chi connectivity index (χ4n) is 2.84. The summed E-state index contributed by atoms with van der Waals surface area (Å²) in [6.07, 6.45) is 9.68. The molecule has 0 aromatic heterocycles. The van der Waals surface area contributed by atoms with E-state index in [-0.39, 0.29) is 18.0 Å². The Morgan fingerprint density at radius 1 is 1.15 bits per heavy atom. The van der Waals surface area contributed by atoms with Crippen molar-refractivity contribution in [1.82, 2.24) is 15.4 Å². The molecule has 2 aromatic carbocycles. The van der Waals surface area contributed by atoms with Gasteiger partial charge in [-0.05, 0) is 24.3 Å². The number of fused-ring (bicyclic) bond motifs is 2. The number of benzene rings is 2. The summed E-state index contributed by atoms with van der Waals surface area (Å²) in [6, 6.07) is 8.47. The van der Waals surface area contributed by atoms with Crippen LogP contribution in [-0.2, 0) is 6.54 Å². The Bertz CT molecular complexity index is 1080. The monoisotopic (exact) mass is 366 g/mol. The van der Waals surface area contributed by atoms with Crippen LogP contribution in [0.15, 0.2) is 65.9 Å². The van der Waals surface area contributed by atoms with Crippen LogP contribution in [0.1, 0.15) is 15.9 Å². The van der Waals surface area contributed by atoms with Crippen LogP contribution < -0.4 is 15.9 Å². The maximum absolute atomic E-state index is 13.7. The lowest BCUT2D eigenvalue weighted by molar-refractivity contribution is 0.0942. The number of amides is 1. The van der Waals surface area contributed by atoms with Crippen molar-refractivity contribution in [2.75, 3.05) is 6.54 Å². The Labute approximate surface area is 154 Å². The van der Waals surface area contributed by atoms with E-state index in [2.05, 4.69) is 10.4 Å². The van der Waals surface area contributed by atoms with Gasteiger partial charge in [0.1, 0.15) is 11.6 Å². The predicted molar refractivity (Wildman–Crippen MR) is 96.0 cm³/mol. The summed E-state index contributed by atoms with van der Waals surface area (Å²) in [5, 5.41) is 12.4. The van der Waals surface area contributed by atoms with Gasteiger partial charge in [0, 0.05) is 41.4 Å². The zero-order valence-corrected chi connectivity index (χ0v) is 14.3. The summed E-state index contributed by atoms with van der Waals surface area (Å²) in [5.74, 6) is -1.69. The molecule has 0 bridgehead atoms. The van der Waals surface area contributed by atoms with E-state index in [1.165, 1.54) is 6.07 Å². The first kappa shape index (κ1) is 17.0. The number of nitrogens with zero attached hydrogens (tertiary/aromatic N) is 3. The highest BCUT2D eigenvalue weighted by Crippen LogP contribution is 2.10. The number of rotatable bonds is 3. The van der Waals surface area contributed by atoms with Crippen molar-refractivity contribution in [3.63, 3.8) is 0 Å². The zero-order chi connectivity index (χ0) is 18.8. The second kappa shape index (κ2) is 7.03. The molecule has 0 fully saturated rings. The number of carbonyl (C=O) groups is 1. The van der Waals surface area contributed by atoms with Crippen molar-refractivity contribution >= 4 is 12.1 Å². The van der Waals surface area contributed by atoms with Gasteiger partial charge >= 0.3 is 0 Å². The molecule has 27 heavy (non-hydrogen) atoms. The molecule has 5 nitrogen and oxygen atoms in total. The highest BCUT2D eigenvalue weighted by molar-refractivity contribution is 5.94. The van der Waals surface area contributed by atoms with Gasteiger partial charge in [-0.1, -0.05) is 24.3 Å². The van der Waals surface area contributed by atoms with Crippen molar-refractivity contribution in [1.29, 1.82) is 0 Å². The van der Waals surface area contributed by atoms with Gasteiger partial charge in [-0.3, -0.25) is 9.80 Å². The molecule has 0 atom stereocenters. The van der Waals surface area contributed by atoms with Gasteiger partial charge in [-0.2, -0.15) is 10.2 Å². The third kappa shape index (κ3) is 3.57. The first-order valence-electron chi connectivity index (χ1n) is 8.42. The van der Waals surface area contributed by atoms with Crippen molar-refractivity contribution in [2.24, 2.45) is 5.10 Å². The van der Waals surface area contributed by atoms with Crippen LogP contribution >= 0.6 is 0 Å². The Morgan fingerprint density at radius 3 is 2.89 bits per heavy atom. The largest absolute Gasteiger partial charge is 0.348 e. The van der Waals surface area contributed by atoms with E-state index in [0.717, 1.165) is 17.4 Å². The number of hydrogen-bond acceptors (Lipinski definition) is 4. The second-order valence-corrected chi connectivity index (χ2v) is 6.13. The molecule has 4 rings (SSSR count). The lowest BCUT2D eigenvalue weighted by Crippen LogP contribution is -2.43. The topological polar surface area (TPSA) is 47.9 Å². The van der Waals surface area contributed by atoms with Gasteiger partial charge in [0.15, 0.2) is 0 Å². The Morgan fingerprint density at radius 2 is 2.04 bits per heavy atom.